The SMILES string of the molecule is CCC1(N)CCOc2ccc(Cl)cc21. The standard InChI is InChI=1S/C11H14ClNO/c1-2-11(13)5-6-14-10-4-3-8(12)7-9(10)11/h3-4,7H,2,5-6,13H2,1H3. The lowest BCUT2D eigenvalue weighted by atomic mass is 9.83. The normalized spacial score (nSPS) is 25.4. The zero-order chi connectivity index (χ0) is 10.2. The molecule has 0 aromatic heterocycles. The van der Waals surface area contributed by atoms with Crippen molar-refractivity contribution in [2.24, 2.45) is 5.73 Å². The number of ether oxygens (including phenoxy) is 1. The number of fused-ring (bicyclic) bond motifs is 1. The van der Waals surface area contributed by atoms with Gasteiger partial charge in [0.2, 0.25) is 0 Å². The molecule has 0 saturated carbocycles. The number of benzene rings is 1. The molecular weight excluding hydrogens is 198 g/mol. The Labute approximate surface area is 89.0 Å². The molecule has 0 saturated heterocycles. The van der Waals surface area contributed by atoms with E-state index in [1.54, 1.807) is 0 Å². The van der Waals surface area contributed by atoms with E-state index in [1.807, 2.05) is 18.2 Å². The summed E-state index contributed by atoms with van der Waals surface area (Å²) in [4.78, 5) is 0. The van der Waals surface area contributed by atoms with Crippen molar-refractivity contribution in [3.05, 3.63) is 28.8 Å². The molecule has 1 atom stereocenters. The molecule has 0 radical (unpaired) electrons. The Morgan fingerprint density at radius 2 is 2.36 bits per heavy atom. The van der Waals surface area contributed by atoms with Gasteiger partial charge in [-0.15, -0.1) is 0 Å². The molecule has 0 spiro atoms. The molecule has 3 heteroatoms. The topological polar surface area (TPSA) is 35.2 Å². The van der Waals surface area contributed by atoms with Gasteiger partial charge in [-0.2, -0.15) is 0 Å². The van der Waals surface area contributed by atoms with E-state index >= 15 is 0 Å². The predicted molar refractivity (Wildman–Crippen MR) is 57.7 cm³/mol. The maximum absolute atomic E-state index is 6.30. The highest BCUT2D eigenvalue weighted by Crippen LogP contribution is 2.38. The first kappa shape index (κ1) is 9.81. The zero-order valence-corrected chi connectivity index (χ0v) is 8.97. The van der Waals surface area contributed by atoms with Crippen LogP contribution in [0.15, 0.2) is 18.2 Å². The van der Waals surface area contributed by atoms with Gasteiger partial charge in [0.25, 0.3) is 0 Å². The minimum Gasteiger partial charge on any atom is -0.493 e. The minimum atomic E-state index is -0.265. The van der Waals surface area contributed by atoms with Gasteiger partial charge in [0.05, 0.1) is 6.61 Å². The van der Waals surface area contributed by atoms with Crippen molar-refractivity contribution in [2.45, 2.75) is 25.3 Å². The van der Waals surface area contributed by atoms with Crippen LogP contribution in [0.4, 0.5) is 0 Å². The lowest BCUT2D eigenvalue weighted by molar-refractivity contribution is 0.212. The smallest absolute Gasteiger partial charge is 0.124 e. The molecule has 0 amide bonds. The maximum atomic E-state index is 6.30. The monoisotopic (exact) mass is 211 g/mol. The molecule has 0 aliphatic carbocycles. The Morgan fingerprint density at radius 3 is 3.07 bits per heavy atom. The van der Waals surface area contributed by atoms with Crippen molar-refractivity contribution in [3.63, 3.8) is 0 Å². The Hall–Kier alpha value is -0.730. The van der Waals surface area contributed by atoms with Gasteiger partial charge < -0.3 is 10.5 Å². The van der Waals surface area contributed by atoms with E-state index in [2.05, 4.69) is 6.92 Å². The number of rotatable bonds is 1. The maximum Gasteiger partial charge on any atom is 0.124 e. The molecule has 2 rings (SSSR count). The van der Waals surface area contributed by atoms with Crippen LogP contribution in [0.2, 0.25) is 5.02 Å². The Bertz CT molecular complexity index is 353. The average Bonchev–Trinajstić information content (AvgIpc) is 2.20. The van der Waals surface area contributed by atoms with Gasteiger partial charge in [-0.1, -0.05) is 18.5 Å². The molecule has 1 heterocycles. The summed E-state index contributed by atoms with van der Waals surface area (Å²) in [7, 11) is 0. The van der Waals surface area contributed by atoms with E-state index in [0.717, 1.165) is 29.2 Å². The van der Waals surface area contributed by atoms with E-state index in [1.165, 1.54) is 0 Å². The van der Waals surface area contributed by atoms with Gasteiger partial charge >= 0.3 is 0 Å². The highest BCUT2D eigenvalue weighted by molar-refractivity contribution is 6.30. The van der Waals surface area contributed by atoms with Crippen molar-refractivity contribution in [2.75, 3.05) is 6.61 Å². The third-order valence-electron chi connectivity index (χ3n) is 2.91. The fourth-order valence-electron chi connectivity index (χ4n) is 1.86. The van der Waals surface area contributed by atoms with Gasteiger partial charge in [0, 0.05) is 22.5 Å². The molecule has 1 aromatic carbocycles. The van der Waals surface area contributed by atoms with Crippen LogP contribution >= 0.6 is 11.6 Å². The summed E-state index contributed by atoms with van der Waals surface area (Å²) in [5.74, 6) is 0.880. The van der Waals surface area contributed by atoms with E-state index in [9.17, 15) is 0 Å². The highest BCUT2D eigenvalue weighted by atomic mass is 35.5. The Balaban J connectivity index is 2.52. The van der Waals surface area contributed by atoms with Crippen LogP contribution in [0.1, 0.15) is 25.3 Å². The molecule has 1 unspecified atom stereocenters. The van der Waals surface area contributed by atoms with Crippen LogP contribution < -0.4 is 10.5 Å². The number of hydrogen-bond acceptors (Lipinski definition) is 2. The molecule has 2 nitrogen and oxygen atoms in total. The lowest BCUT2D eigenvalue weighted by Crippen LogP contribution is -2.40. The average molecular weight is 212 g/mol. The summed E-state index contributed by atoms with van der Waals surface area (Å²) >= 11 is 5.95. The molecular formula is C11H14ClNO. The molecule has 0 fully saturated rings. The van der Waals surface area contributed by atoms with E-state index in [0.29, 0.717) is 6.61 Å². The second kappa shape index (κ2) is 3.44. The molecule has 76 valence electrons. The highest BCUT2D eigenvalue weighted by Gasteiger charge is 2.32. The summed E-state index contributed by atoms with van der Waals surface area (Å²) < 4.78 is 5.54. The van der Waals surface area contributed by atoms with Gasteiger partial charge in [0.15, 0.2) is 0 Å². The number of halogens is 1. The summed E-state index contributed by atoms with van der Waals surface area (Å²) in [6, 6.07) is 5.65. The summed E-state index contributed by atoms with van der Waals surface area (Å²) in [5.41, 5.74) is 7.08. The number of hydrogen-bond donors (Lipinski definition) is 1. The minimum absolute atomic E-state index is 0.265. The van der Waals surface area contributed by atoms with E-state index in [-0.39, 0.29) is 5.54 Å². The molecule has 0 bridgehead atoms. The van der Waals surface area contributed by atoms with Crippen molar-refractivity contribution in [3.8, 4) is 5.75 Å². The molecule has 14 heavy (non-hydrogen) atoms. The lowest BCUT2D eigenvalue weighted by Gasteiger charge is -2.34. The van der Waals surface area contributed by atoms with Crippen LogP contribution in [0.5, 0.6) is 5.75 Å². The van der Waals surface area contributed by atoms with Gasteiger partial charge in [-0.25, -0.2) is 0 Å². The zero-order valence-electron chi connectivity index (χ0n) is 8.22. The molecule has 1 aliphatic rings. The third-order valence-corrected chi connectivity index (χ3v) is 3.15. The van der Waals surface area contributed by atoms with Crippen LogP contribution in [0, 0.1) is 0 Å². The summed E-state index contributed by atoms with van der Waals surface area (Å²) in [6.45, 7) is 2.79. The fraction of sp³-hybridized carbons (Fsp3) is 0.455. The van der Waals surface area contributed by atoms with Crippen LogP contribution in [0.25, 0.3) is 0 Å². The largest absolute Gasteiger partial charge is 0.493 e. The Kier molecular flexibility index (Phi) is 2.41. The van der Waals surface area contributed by atoms with Crippen molar-refractivity contribution in [1.29, 1.82) is 0 Å². The summed E-state index contributed by atoms with van der Waals surface area (Å²) in [6.07, 6.45) is 1.76. The van der Waals surface area contributed by atoms with Crippen LogP contribution in [-0.4, -0.2) is 6.61 Å². The first-order chi connectivity index (χ1) is 6.65. The van der Waals surface area contributed by atoms with Crippen molar-refractivity contribution >= 4 is 11.6 Å². The van der Waals surface area contributed by atoms with E-state index in [4.69, 9.17) is 22.1 Å². The quantitative estimate of drug-likeness (QED) is 0.775. The second-order valence-corrected chi connectivity index (χ2v) is 4.19. The predicted octanol–water partition coefficient (Wildman–Crippen LogP) is 2.69. The number of nitrogens with two attached hydrogens (primary N) is 1. The molecule has 1 aromatic rings. The first-order valence-corrected chi connectivity index (χ1v) is 5.25. The second-order valence-electron chi connectivity index (χ2n) is 3.75. The molecule has 1 aliphatic heterocycles. The van der Waals surface area contributed by atoms with Gasteiger partial charge in [0.1, 0.15) is 5.75 Å². The van der Waals surface area contributed by atoms with Crippen LogP contribution in [-0.2, 0) is 5.54 Å². The first-order valence-electron chi connectivity index (χ1n) is 4.87. The molecule has 2 N–H and O–H groups in total. The summed E-state index contributed by atoms with van der Waals surface area (Å²) in [5, 5.41) is 0.720. The van der Waals surface area contributed by atoms with Crippen molar-refractivity contribution < 1.29 is 4.74 Å². The van der Waals surface area contributed by atoms with Gasteiger partial charge in [-0.3, -0.25) is 0 Å². The Morgan fingerprint density at radius 1 is 1.57 bits per heavy atom. The van der Waals surface area contributed by atoms with E-state index < -0.39 is 0 Å². The third kappa shape index (κ3) is 1.49. The van der Waals surface area contributed by atoms with Crippen LogP contribution in [0.3, 0.4) is 0 Å². The fourth-order valence-corrected chi connectivity index (χ4v) is 2.03. The van der Waals surface area contributed by atoms with Gasteiger partial charge in [-0.05, 0) is 24.6 Å². The van der Waals surface area contributed by atoms with Crippen molar-refractivity contribution in [1.82, 2.24) is 0 Å².